The Morgan fingerprint density at radius 2 is 2.17 bits per heavy atom. The first-order chi connectivity index (χ1) is 10.5. The number of carbonyl (C=O) groups is 1. The van der Waals surface area contributed by atoms with Crippen molar-refractivity contribution in [3.8, 4) is 5.75 Å². The fraction of sp³-hybridized carbons (Fsp3) is 0.533. The number of ether oxygens (including phenoxy) is 1. The standard InChI is InChI=1S/C15H21N3O4.ClH/c1-11-8-12(9-16)10-17(11)15(19)6-7-22-14-5-3-2-4-13(14)18(20)21;/h2-5,11-12H,6-10,16H2,1H3;1H. The number of amides is 1. The summed E-state index contributed by atoms with van der Waals surface area (Å²) in [7, 11) is 0. The predicted octanol–water partition coefficient (Wildman–Crippen LogP) is 1.98. The molecule has 2 N–H and O–H groups in total. The first kappa shape index (κ1) is 19.2. The van der Waals surface area contributed by atoms with Crippen molar-refractivity contribution in [3.05, 3.63) is 34.4 Å². The lowest BCUT2D eigenvalue weighted by Crippen LogP contribution is -2.35. The van der Waals surface area contributed by atoms with Crippen LogP contribution in [-0.4, -0.2) is 41.5 Å². The SMILES string of the molecule is CC1CC(CN)CN1C(=O)CCOc1ccccc1[N+](=O)[O-].Cl. The lowest BCUT2D eigenvalue weighted by Gasteiger charge is -2.21. The van der Waals surface area contributed by atoms with Gasteiger partial charge >= 0.3 is 5.69 Å². The number of nitro groups is 1. The molecule has 1 heterocycles. The minimum atomic E-state index is -0.494. The Hall–Kier alpha value is -1.86. The molecule has 0 spiro atoms. The van der Waals surface area contributed by atoms with Crippen LogP contribution < -0.4 is 10.5 Å². The van der Waals surface area contributed by atoms with E-state index in [4.69, 9.17) is 10.5 Å². The average molecular weight is 344 g/mol. The van der Waals surface area contributed by atoms with Gasteiger partial charge in [-0.15, -0.1) is 12.4 Å². The lowest BCUT2D eigenvalue weighted by atomic mass is 10.1. The predicted molar refractivity (Wildman–Crippen MR) is 88.8 cm³/mol. The van der Waals surface area contributed by atoms with E-state index in [9.17, 15) is 14.9 Å². The summed E-state index contributed by atoms with van der Waals surface area (Å²) in [4.78, 5) is 24.4. The van der Waals surface area contributed by atoms with Crippen LogP contribution in [-0.2, 0) is 4.79 Å². The minimum Gasteiger partial charge on any atom is -0.486 e. The molecule has 1 amide bonds. The summed E-state index contributed by atoms with van der Waals surface area (Å²) in [5.74, 6) is 0.548. The minimum absolute atomic E-state index is 0. The Balaban J connectivity index is 0.00000264. The third kappa shape index (κ3) is 4.80. The van der Waals surface area contributed by atoms with Crippen molar-refractivity contribution >= 4 is 24.0 Å². The van der Waals surface area contributed by atoms with Crippen LogP contribution in [0.1, 0.15) is 19.8 Å². The molecule has 0 bridgehead atoms. The number of likely N-dealkylation sites (tertiary alicyclic amines) is 1. The molecule has 1 saturated heterocycles. The molecular formula is C15H22ClN3O4. The molecule has 1 fully saturated rings. The van der Waals surface area contributed by atoms with E-state index >= 15 is 0 Å². The van der Waals surface area contributed by atoms with Crippen LogP contribution in [0, 0.1) is 16.0 Å². The summed E-state index contributed by atoms with van der Waals surface area (Å²) in [6.45, 7) is 3.40. The highest BCUT2D eigenvalue weighted by Gasteiger charge is 2.31. The second-order valence-electron chi connectivity index (χ2n) is 5.56. The zero-order valence-corrected chi connectivity index (χ0v) is 13.8. The summed E-state index contributed by atoms with van der Waals surface area (Å²) in [5, 5.41) is 10.9. The van der Waals surface area contributed by atoms with Crippen LogP contribution >= 0.6 is 12.4 Å². The van der Waals surface area contributed by atoms with Gasteiger partial charge in [0.25, 0.3) is 0 Å². The summed E-state index contributed by atoms with van der Waals surface area (Å²) >= 11 is 0. The lowest BCUT2D eigenvalue weighted by molar-refractivity contribution is -0.385. The Bertz CT molecular complexity index is 555. The third-order valence-electron chi connectivity index (χ3n) is 3.95. The number of hydrogen-bond donors (Lipinski definition) is 1. The summed E-state index contributed by atoms with van der Waals surface area (Å²) in [5.41, 5.74) is 5.56. The van der Waals surface area contributed by atoms with Crippen LogP contribution in [0.5, 0.6) is 5.75 Å². The Morgan fingerprint density at radius 3 is 2.78 bits per heavy atom. The first-order valence-electron chi connectivity index (χ1n) is 7.38. The summed E-state index contributed by atoms with van der Waals surface area (Å²) < 4.78 is 5.40. The maximum absolute atomic E-state index is 12.2. The van der Waals surface area contributed by atoms with Gasteiger partial charge in [-0.1, -0.05) is 12.1 Å². The summed E-state index contributed by atoms with van der Waals surface area (Å²) in [6.07, 6.45) is 1.13. The number of nitro benzene ring substituents is 1. The Labute approximate surface area is 141 Å². The van der Waals surface area contributed by atoms with Crippen molar-refractivity contribution < 1.29 is 14.5 Å². The van der Waals surface area contributed by atoms with Gasteiger partial charge in [0.05, 0.1) is 18.0 Å². The normalized spacial score (nSPS) is 20.0. The van der Waals surface area contributed by atoms with Crippen molar-refractivity contribution in [2.75, 3.05) is 19.7 Å². The van der Waals surface area contributed by atoms with Crippen molar-refractivity contribution in [2.24, 2.45) is 11.7 Å². The molecule has 0 aliphatic carbocycles. The number of para-hydroxylation sites is 2. The Morgan fingerprint density at radius 1 is 1.48 bits per heavy atom. The number of benzene rings is 1. The van der Waals surface area contributed by atoms with Gasteiger partial charge in [-0.25, -0.2) is 0 Å². The maximum atomic E-state index is 12.2. The fourth-order valence-corrected chi connectivity index (χ4v) is 2.78. The van der Waals surface area contributed by atoms with E-state index in [0.717, 1.165) is 6.42 Å². The number of nitrogens with two attached hydrogens (primary N) is 1. The van der Waals surface area contributed by atoms with E-state index in [1.54, 1.807) is 12.1 Å². The van der Waals surface area contributed by atoms with E-state index in [-0.39, 0.29) is 48.8 Å². The zero-order chi connectivity index (χ0) is 16.1. The molecule has 128 valence electrons. The molecule has 8 heteroatoms. The average Bonchev–Trinajstić information content (AvgIpc) is 2.88. The highest BCUT2D eigenvalue weighted by molar-refractivity contribution is 5.85. The fourth-order valence-electron chi connectivity index (χ4n) is 2.78. The van der Waals surface area contributed by atoms with Gasteiger partial charge in [0.2, 0.25) is 5.91 Å². The molecule has 23 heavy (non-hydrogen) atoms. The highest BCUT2D eigenvalue weighted by atomic mass is 35.5. The zero-order valence-electron chi connectivity index (χ0n) is 13.0. The van der Waals surface area contributed by atoms with E-state index < -0.39 is 4.92 Å². The van der Waals surface area contributed by atoms with Crippen molar-refractivity contribution in [1.82, 2.24) is 4.90 Å². The van der Waals surface area contributed by atoms with Crippen LogP contribution in [0.3, 0.4) is 0 Å². The first-order valence-corrected chi connectivity index (χ1v) is 7.38. The van der Waals surface area contributed by atoms with Crippen molar-refractivity contribution in [2.45, 2.75) is 25.8 Å². The van der Waals surface area contributed by atoms with Gasteiger partial charge in [-0.05, 0) is 31.9 Å². The van der Waals surface area contributed by atoms with Crippen molar-refractivity contribution in [1.29, 1.82) is 0 Å². The van der Waals surface area contributed by atoms with E-state index in [1.807, 2.05) is 11.8 Å². The molecule has 0 radical (unpaired) electrons. The Kier molecular flexibility index (Phi) is 7.25. The molecule has 0 aromatic heterocycles. The number of carbonyl (C=O) groups excluding carboxylic acids is 1. The van der Waals surface area contributed by atoms with Crippen LogP contribution in [0.25, 0.3) is 0 Å². The van der Waals surface area contributed by atoms with Gasteiger partial charge in [-0.2, -0.15) is 0 Å². The van der Waals surface area contributed by atoms with Gasteiger partial charge in [0, 0.05) is 18.7 Å². The van der Waals surface area contributed by atoms with Crippen molar-refractivity contribution in [3.63, 3.8) is 0 Å². The largest absolute Gasteiger partial charge is 0.486 e. The molecular weight excluding hydrogens is 322 g/mol. The van der Waals surface area contributed by atoms with E-state index in [2.05, 4.69) is 0 Å². The molecule has 2 rings (SSSR count). The van der Waals surface area contributed by atoms with Crippen LogP contribution in [0.2, 0.25) is 0 Å². The second-order valence-corrected chi connectivity index (χ2v) is 5.56. The monoisotopic (exact) mass is 343 g/mol. The van der Waals surface area contributed by atoms with Crippen LogP contribution in [0.4, 0.5) is 5.69 Å². The smallest absolute Gasteiger partial charge is 0.310 e. The van der Waals surface area contributed by atoms with Gasteiger partial charge < -0.3 is 15.4 Å². The number of hydrogen-bond acceptors (Lipinski definition) is 5. The molecule has 1 aliphatic rings. The maximum Gasteiger partial charge on any atom is 0.310 e. The van der Waals surface area contributed by atoms with Crippen LogP contribution in [0.15, 0.2) is 24.3 Å². The van der Waals surface area contributed by atoms with Gasteiger partial charge in [0.15, 0.2) is 5.75 Å². The second kappa shape index (κ2) is 8.69. The highest BCUT2D eigenvalue weighted by Crippen LogP contribution is 2.26. The van der Waals surface area contributed by atoms with E-state index in [0.29, 0.717) is 19.0 Å². The topological polar surface area (TPSA) is 98.7 Å². The molecule has 0 saturated carbocycles. The van der Waals surface area contributed by atoms with Gasteiger partial charge in [0.1, 0.15) is 0 Å². The molecule has 1 aliphatic heterocycles. The summed E-state index contributed by atoms with van der Waals surface area (Å²) in [6, 6.07) is 6.34. The molecule has 2 atom stereocenters. The number of halogens is 1. The quantitative estimate of drug-likeness (QED) is 0.629. The molecule has 7 nitrogen and oxygen atoms in total. The number of rotatable bonds is 6. The molecule has 2 unspecified atom stereocenters. The number of nitrogens with zero attached hydrogens (tertiary/aromatic N) is 2. The van der Waals surface area contributed by atoms with E-state index in [1.165, 1.54) is 12.1 Å². The van der Waals surface area contributed by atoms with Gasteiger partial charge in [-0.3, -0.25) is 14.9 Å². The third-order valence-corrected chi connectivity index (χ3v) is 3.95. The molecule has 1 aromatic rings. The molecule has 1 aromatic carbocycles.